The van der Waals surface area contributed by atoms with Crippen molar-refractivity contribution in [3.63, 3.8) is 0 Å². The van der Waals surface area contributed by atoms with Crippen molar-refractivity contribution in [1.82, 2.24) is 0 Å². The predicted octanol–water partition coefficient (Wildman–Crippen LogP) is 9.02. The summed E-state index contributed by atoms with van der Waals surface area (Å²) in [6.07, 6.45) is 4.27. The van der Waals surface area contributed by atoms with E-state index < -0.39 is 0 Å². The molecule has 0 unspecified atom stereocenters. The molecule has 0 radical (unpaired) electrons. The number of aromatic hydroxyl groups is 4. The van der Waals surface area contributed by atoms with Crippen LogP contribution in [0.4, 0.5) is 0 Å². The molecule has 4 nitrogen and oxygen atoms in total. The van der Waals surface area contributed by atoms with Crippen molar-refractivity contribution in [1.29, 1.82) is 0 Å². The van der Waals surface area contributed by atoms with Gasteiger partial charge in [-0.25, -0.2) is 0 Å². The molecule has 0 atom stereocenters. The van der Waals surface area contributed by atoms with Gasteiger partial charge in [0.05, 0.1) is 0 Å². The lowest BCUT2D eigenvalue weighted by Crippen LogP contribution is -2.27. The van der Waals surface area contributed by atoms with Gasteiger partial charge in [0.1, 0.15) is 23.0 Å². The Labute approximate surface area is 239 Å². The van der Waals surface area contributed by atoms with Gasteiger partial charge in [-0.3, -0.25) is 0 Å². The van der Waals surface area contributed by atoms with Gasteiger partial charge in [0, 0.05) is 10.8 Å². The minimum absolute atomic E-state index is 0.0507. The summed E-state index contributed by atoms with van der Waals surface area (Å²) in [7, 11) is 0. The highest BCUT2D eigenvalue weighted by Crippen LogP contribution is 2.42. The van der Waals surface area contributed by atoms with Crippen LogP contribution in [0.5, 0.6) is 23.0 Å². The molecule has 4 N–H and O–H groups in total. The van der Waals surface area contributed by atoms with Gasteiger partial charge in [0.15, 0.2) is 0 Å². The molecular weight excluding hydrogens is 496 g/mol. The summed E-state index contributed by atoms with van der Waals surface area (Å²) in [5.41, 5.74) is 6.29. The van der Waals surface area contributed by atoms with Gasteiger partial charge in [-0.15, -0.1) is 0 Å². The Balaban J connectivity index is 0.000000222. The highest BCUT2D eigenvalue weighted by molar-refractivity contribution is 5.46. The zero-order valence-electron chi connectivity index (χ0n) is 24.7. The largest absolute Gasteiger partial charge is 0.508 e. The number of aryl methyl sites for hydroxylation is 2. The second kappa shape index (κ2) is 13.0. The SMILES string of the molecule is CCCC(CCC)(c1ccc(O)cc1)c1ccc(O)cc1.Cc1cc(C(C)(C)c2ccc(O)c(C)c2)ccc1O. The lowest BCUT2D eigenvalue weighted by atomic mass is 9.68. The van der Waals surface area contributed by atoms with Gasteiger partial charge >= 0.3 is 0 Å². The number of phenolic OH excluding ortho intramolecular Hbond substituents is 4. The van der Waals surface area contributed by atoms with E-state index in [-0.39, 0.29) is 10.8 Å². The first-order chi connectivity index (χ1) is 18.9. The maximum atomic E-state index is 9.63. The smallest absolute Gasteiger partial charge is 0.118 e. The van der Waals surface area contributed by atoms with Crippen LogP contribution in [-0.4, -0.2) is 20.4 Å². The Morgan fingerprint density at radius 1 is 0.500 bits per heavy atom. The van der Waals surface area contributed by atoms with Gasteiger partial charge in [0.25, 0.3) is 0 Å². The summed E-state index contributed by atoms with van der Waals surface area (Å²) in [4.78, 5) is 0. The maximum absolute atomic E-state index is 9.63. The molecule has 0 aliphatic heterocycles. The van der Waals surface area contributed by atoms with E-state index in [2.05, 4.69) is 27.7 Å². The Kier molecular flexibility index (Phi) is 9.92. The predicted molar refractivity (Wildman–Crippen MR) is 165 cm³/mol. The monoisotopic (exact) mass is 540 g/mol. The molecular formula is C36H44O4. The third-order valence-electron chi connectivity index (χ3n) is 8.03. The van der Waals surface area contributed by atoms with Gasteiger partial charge < -0.3 is 20.4 Å². The van der Waals surface area contributed by atoms with E-state index in [0.29, 0.717) is 23.0 Å². The number of hydrogen-bond donors (Lipinski definition) is 4. The summed E-state index contributed by atoms with van der Waals surface area (Å²) in [6, 6.07) is 26.5. The zero-order chi connectivity index (χ0) is 29.5. The number of phenols is 4. The second-order valence-corrected chi connectivity index (χ2v) is 11.3. The van der Waals surface area contributed by atoms with Crippen molar-refractivity contribution in [3.05, 3.63) is 118 Å². The first kappa shape index (κ1) is 30.6. The Bertz CT molecular complexity index is 1280. The molecule has 0 bridgehead atoms. The number of hydrogen-bond acceptors (Lipinski definition) is 4. The molecule has 212 valence electrons. The van der Waals surface area contributed by atoms with Gasteiger partial charge in [0.2, 0.25) is 0 Å². The summed E-state index contributed by atoms with van der Waals surface area (Å²) < 4.78 is 0. The fourth-order valence-electron chi connectivity index (χ4n) is 5.54. The van der Waals surface area contributed by atoms with E-state index in [9.17, 15) is 20.4 Å². The van der Waals surface area contributed by atoms with Crippen molar-refractivity contribution in [2.24, 2.45) is 0 Å². The third-order valence-corrected chi connectivity index (χ3v) is 8.03. The van der Waals surface area contributed by atoms with E-state index in [4.69, 9.17) is 0 Å². The lowest BCUT2D eigenvalue weighted by Gasteiger charge is -2.35. The number of rotatable bonds is 8. The first-order valence-electron chi connectivity index (χ1n) is 14.1. The topological polar surface area (TPSA) is 80.9 Å². The summed E-state index contributed by atoms with van der Waals surface area (Å²) >= 11 is 0. The Hall–Kier alpha value is -3.92. The quantitative estimate of drug-likeness (QED) is 0.180. The van der Waals surface area contributed by atoms with Crippen LogP contribution in [0.3, 0.4) is 0 Å². The van der Waals surface area contributed by atoms with Crippen molar-refractivity contribution in [2.75, 3.05) is 0 Å². The molecule has 0 fully saturated rings. The van der Waals surface area contributed by atoms with Crippen LogP contribution in [0.25, 0.3) is 0 Å². The van der Waals surface area contributed by atoms with E-state index in [0.717, 1.165) is 47.9 Å². The van der Waals surface area contributed by atoms with E-state index in [1.807, 2.05) is 62.4 Å². The van der Waals surface area contributed by atoms with Crippen LogP contribution in [0, 0.1) is 13.8 Å². The van der Waals surface area contributed by atoms with E-state index in [1.165, 1.54) is 11.1 Å². The Morgan fingerprint density at radius 2 is 0.825 bits per heavy atom. The van der Waals surface area contributed by atoms with Crippen LogP contribution < -0.4 is 0 Å². The van der Waals surface area contributed by atoms with Crippen LogP contribution >= 0.6 is 0 Å². The van der Waals surface area contributed by atoms with Crippen molar-refractivity contribution < 1.29 is 20.4 Å². The summed E-state index contributed by atoms with van der Waals surface area (Å²) in [6.45, 7) is 12.5. The molecule has 0 heterocycles. The minimum atomic E-state index is -0.170. The lowest BCUT2D eigenvalue weighted by molar-refractivity contribution is 0.422. The standard InChI is InChI=1S/C19H24O2.C17H20O2/c1-3-13-19(14-4-2,15-5-9-17(20)10-6-15)16-7-11-18(21)12-8-16;1-11-9-13(5-7-15(11)18)17(3,4)14-6-8-16(19)12(2)10-14/h5-12,20-21H,3-4,13-14H2,1-2H3;5-10,18-19H,1-4H3. The summed E-state index contributed by atoms with van der Waals surface area (Å²) in [5.74, 6) is 1.24. The zero-order valence-corrected chi connectivity index (χ0v) is 24.7. The van der Waals surface area contributed by atoms with Gasteiger partial charge in [-0.2, -0.15) is 0 Å². The minimum Gasteiger partial charge on any atom is -0.508 e. The molecule has 0 amide bonds. The molecule has 4 aromatic carbocycles. The number of benzene rings is 4. The van der Waals surface area contributed by atoms with Crippen LogP contribution in [0.15, 0.2) is 84.9 Å². The van der Waals surface area contributed by atoms with Crippen molar-refractivity contribution in [2.45, 2.75) is 78.1 Å². The van der Waals surface area contributed by atoms with Gasteiger partial charge in [-0.05, 0) is 96.5 Å². The average molecular weight is 541 g/mol. The highest BCUT2D eigenvalue weighted by Gasteiger charge is 2.32. The molecule has 0 saturated heterocycles. The molecule has 4 rings (SSSR count). The van der Waals surface area contributed by atoms with Crippen LogP contribution in [0.2, 0.25) is 0 Å². The average Bonchev–Trinajstić information content (AvgIpc) is 2.92. The first-order valence-corrected chi connectivity index (χ1v) is 14.1. The molecule has 0 aromatic heterocycles. The fraction of sp³-hybridized carbons (Fsp3) is 0.333. The molecule has 40 heavy (non-hydrogen) atoms. The van der Waals surface area contributed by atoms with Crippen molar-refractivity contribution >= 4 is 0 Å². The van der Waals surface area contributed by atoms with Crippen LogP contribution in [-0.2, 0) is 10.8 Å². The molecule has 4 heteroatoms. The molecule has 4 aromatic rings. The summed E-state index contributed by atoms with van der Waals surface area (Å²) in [5, 5.41) is 38.4. The Morgan fingerprint density at radius 3 is 1.12 bits per heavy atom. The normalized spacial score (nSPS) is 11.6. The van der Waals surface area contributed by atoms with Crippen molar-refractivity contribution in [3.8, 4) is 23.0 Å². The van der Waals surface area contributed by atoms with E-state index >= 15 is 0 Å². The molecule has 0 saturated carbocycles. The third kappa shape index (κ3) is 6.80. The maximum Gasteiger partial charge on any atom is 0.118 e. The molecule has 0 aliphatic carbocycles. The fourth-order valence-corrected chi connectivity index (χ4v) is 5.54. The molecule has 0 spiro atoms. The van der Waals surface area contributed by atoms with Crippen LogP contribution in [0.1, 0.15) is 86.8 Å². The van der Waals surface area contributed by atoms with E-state index in [1.54, 1.807) is 36.4 Å². The second-order valence-electron chi connectivity index (χ2n) is 11.3. The molecule has 0 aliphatic rings. The highest BCUT2D eigenvalue weighted by atomic mass is 16.3. The van der Waals surface area contributed by atoms with Gasteiger partial charge in [-0.1, -0.05) is 89.1 Å².